The van der Waals surface area contributed by atoms with Gasteiger partial charge in [0.25, 0.3) is 0 Å². The van der Waals surface area contributed by atoms with Gasteiger partial charge in [0.05, 0.1) is 5.69 Å². The number of nitrogens with zero attached hydrogens (tertiary/aromatic N) is 2. The van der Waals surface area contributed by atoms with Gasteiger partial charge in [-0.1, -0.05) is 24.3 Å². The molecule has 1 N–H and O–H groups in total. The van der Waals surface area contributed by atoms with Crippen LogP contribution in [0.25, 0.3) is 11.3 Å². The lowest BCUT2D eigenvalue weighted by Crippen LogP contribution is -2.12. The lowest BCUT2D eigenvalue weighted by molar-refractivity contribution is 0.718. The van der Waals surface area contributed by atoms with Gasteiger partial charge in [-0.25, -0.2) is 4.98 Å². The van der Waals surface area contributed by atoms with Crippen molar-refractivity contribution in [3.8, 4) is 11.3 Å². The van der Waals surface area contributed by atoms with E-state index in [1.807, 2.05) is 7.05 Å². The maximum atomic E-state index is 4.70. The summed E-state index contributed by atoms with van der Waals surface area (Å²) in [5, 5.41) is 3.15. The Morgan fingerprint density at radius 1 is 1.29 bits per heavy atom. The van der Waals surface area contributed by atoms with Gasteiger partial charge < -0.3 is 9.88 Å². The second-order valence-electron chi connectivity index (χ2n) is 4.32. The molecule has 3 nitrogen and oxygen atoms in total. The molecule has 0 radical (unpaired) electrons. The highest BCUT2D eigenvalue weighted by Gasteiger charge is 2.08. The van der Waals surface area contributed by atoms with E-state index < -0.39 is 0 Å². The zero-order valence-corrected chi connectivity index (χ0v) is 10.7. The van der Waals surface area contributed by atoms with Crippen LogP contribution in [0.5, 0.6) is 0 Å². The van der Waals surface area contributed by atoms with Gasteiger partial charge in [-0.05, 0) is 19.5 Å². The molecule has 0 aliphatic rings. The number of hydrogen-bond donors (Lipinski definition) is 1. The third kappa shape index (κ3) is 2.56. The van der Waals surface area contributed by atoms with Gasteiger partial charge in [0, 0.05) is 31.8 Å². The maximum absolute atomic E-state index is 4.70. The molecule has 17 heavy (non-hydrogen) atoms. The quantitative estimate of drug-likeness (QED) is 0.870. The summed E-state index contributed by atoms with van der Waals surface area (Å²) in [7, 11) is 4.02. The van der Waals surface area contributed by atoms with Crippen molar-refractivity contribution >= 4 is 0 Å². The van der Waals surface area contributed by atoms with Crippen LogP contribution in [0.15, 0.2) is 30.5 Å². The average molecular weight is 229 g/mol. The number of hydrogen-bond acceptors (Lipinski definition) is 2. The van der Waals surface area contributed by atoms with Crippen LogP contribution < -0.4 is 5.32 Å². The van der Waals surface area contributed by atoms with Gasteiger partial charge in [-0.2, -0.15) is 0 Å². The van der Waals surface area contributed by atoms with Crippen molar-refractivity contribution < 1.29 is 0 Å². The topological polar surface area (TPSA) is 29.9 Å². The second kappa shape index (κ2) is 5.15. The molecular formula is C14H19N3. The van der Waals surface area contributed by atoms with Crippen LogP contribution in [0.2, 0.25) is 0 Å². The molecule has 90 valence electrons. The van der Waals surface area contributed by atoms with Gasteiger partial charge in [0.2, 0.25) is 0 Å². The Bertz CT molecular complexity index is 500. The van der Waals surface area contributed by atoms with Crippen LogP contribution in [-0.2, 0) is 13.5 Å². The summed E-state index contributed by atoms with van der Waals surface area (Å²) in [4.78, 5) is 4.70. The number of rotatable bonds is 4. The van der Waals surface area contributed by atoms with Crippen molar-refractivity contribution in [3.05, 3.63) is 41.9 Å². The molecule has 0 aliphatic heterocycles. The molecule has 0 spiro atoms. The normalized spacial score (nSPS) is 10.8. The fourth-order valence-corrected chi connectivity index (χ4v) is 1.96. The zero-order valence-electron chi connectivity index (χ0n) is 10.7. The Kier molecular flexibility index (Phi) is 3.59. The molecule has 0 fully saturated rings. The van der Waals surface area contributed by atoms with Crippen molar-refractivity contribution in [1.29, 1.82) is 0 Å². The number of imidazole rings is 1. The SMILES string of the molecule is CNCCc1nc(-c2ccccc2C)cn1C. The number of aryl methyl sites for hydroxylation is 2. The minimum atomic E-state index is 0.956. The van der Waals surface area contributed by atoms with Crippen LogP contribution in [-0.4, -0.2) is 23.1 Å². The first-order chi connectivity index (χ1) is 8.22. The summed E-state index contributed by atoms with van der Waals surface area (Å²) in [6, 6.07) is 8.37. The summed E-state index contributed by atoms with van der Waals surface area (Å²) >= 11 is 0. The van der Waals surface area contributed by atoms with Crippen molar-refractivity contribution in [2.24, 2.45) is 7.05 Å². The van der Waals surface area contributed by atoms with E-state index >= 15 is 0 Å². The third-order valence-corrected chi connectivity index (χ3v) is 2.99. The van der Waals surface area contributed by atoms with Gasteiger partial charge in [0.1, 0.15) is 5.82 Å². The van der Waals surface area contributed by atoms with Gasteiger partial charge in [-0.15, -0.1) is 0 Å². The van der Waals surface area contributed by atoms with Crippen molar-refractivity contribution in [2.45, 2.75) is 13.3 Å². The molecule has 1 aromatic heterocycles. The van der Waals surface area contributed by atoms with E-state index in [-0.39, 0.29) is 0 Å². The van der Waals surface area contributed by atoms with Crippen molar-refractivity contribution in [1.82, 2.24) is 14.9 Å². The van der Waals surface area contributed by atoms with Crippen LogP contribution in [0, 0.1) is 6.92 Å². The van der Waals surface area contributed by atoms with E-state index in [9.17, 15) is 0 Å². The zero-order chi connectivity index (χ0) is 12.3. The second-order valence-corrected chi connectivity index (χ2v) is 4.32. The maximum Gasteiger partial charge on any atom is 0.110 e. The van der Waals surface area contributed by atoms with Crippen LogP contribution >= 0.6 is 0 Å². The summed E-state index contributed by atoms with van der Waals surface area (Å²) < 4.78 is 2.11. The van der Waals surface area contributed by atoms with Gasteiger partial charge in [-0.3, -0.25) is 0 Å². The van der Waals surface area contributed by atoms with E-state index in [2.05, 4.69) is 54.3 Å². The van der Waals surface area contributed by atoms with Crippen molar-refractivity contribution in [2.75, 3.05) is 13.6 Å². The summed E-state index contributed by atoms with van der Waals surface area (Å²) in [6.45, 7) is 3.08. The first-order valence-corrected chi connectivity index (χ1v) is 5.95. The van der Waals surface area contributed by atoms with Gasteiger partial charge >= 0.3 is 0 Å². The fraction of sp³-hybridized carbons (Fsp3) is 0.357. The monoisotopic (exact) mass is 229 g/mol. The molecule has 0 atom stereocenters. The van der Waals surface area contributed by atoms with Crippen LogP contribution in [0.3, 0.4) is 0 Å². The summed E-state index contributed by atoms with van der Waals surface area (Å²) in [5.41, 5.74) is 3.56. The predicted octanol–water partition coefficient (Wildman–Crippen LogP) is 2.16. The molecule has 2 aromatic rings. The summed E-state index contributed by atoms with van der Waals surface area (Å²) in [5.74, 6) is 1.12. The Labute approximate surface area is 103 Å². The average Bonchev–Trinajstić information content (AvgIpc) is 2.68. The van der Waals surface area contributed by atoms with E-state index in [0.717, 1.165) is 24.5 Å². The van der Waals surface area contributed by atoms with E-state index in [1.54, 1.807) is 0 Å². The van der Waals surface area contributed by atoms with E-state index in [0.29, 0.717) is 0 Å². The molecule has 2 rings (SSSR count). The smallest absolute Gasteiger partial charge is 0.110 e. The minimum absolute atomic E-state index is 0.956. The molecule has 1 heterocycles. The van der Waals surface area contributed by atoms with Crippen LogP contribution in [0.1, 0.15) is 11.4 Å². The summed E-state index contributed by atoms with van der Waals surface area (Å²) in [6.07, 6.45) is 3.06. The first kappa shape index (κ1) is 11.9. The molecule has 0 aliphatic carbocycles. The Morgan fingerprint density at radius 3 is 2.76 bits per heavy atom. The van der Waals surface area contributed by atoms with Gasteiger partial charge in [0.15, 0.2) is 0 Å². The number of aromatic nitrogens is 2. The molecule has 0 amide bonds. The largest absolute Gasteiger partial charge is 0.337 e. The Balaban J connectivity index is 2.31. The number of benzene rings is 1. The highest BCUT2D eigenvalue weighted by molar-refractivity contribution is 5.62. The molecular weight excluding hydrogens is 210 g/mol. The van der Waals surface area contributed by atoms with Crippen molar-refractivity contribution in [3.63, 3.8) is 0 Å². The fourth-order valence-electron chi connectivity index (χ4n) is 1.96. The number of nitrogens with one attached hydrogen (secondary N) is 1. The molecule has 3 heteroatoms. The Hall–Kier alpha value is -1.61. The lowest BCUT2D eigenvalue weighted by Gasteiger charge is -2.00. The Morgan fingerprint density at radius 2 is 2.06 bits per heavy atom. The van der Waals surface area contributed by atoms with E-state index in [4.69, 9.17) is 4.98 Å². The molecule has 0 saturated carbocycles. The number of likely N-dealkylation sites (N-methyl/N-ethyl adjacent to an activating group) is 1. The molecule has 1 aromatic carbocycles. The molecule has 0 bridgehead atoms. The minimum Gasteiger partial charge on any atom is -0.337 e. The van der Waals surface area contributed by atoms with Crippen LogP contribution in [0.4, 0.5) is 0 Å². The standard InChI is InChI=1S/C14H19N3/c1-11-6-4-5-7-12(11)13-10-17(3)14(16-13)8-9-15-2/h4-7,10,15H,8-9H2,1-3H3. The predicted molar refractivity (Wildman–Crippen MR) is 71.0 cm³/mol. The van der Waals surface area contributed by atoms with E-state index in [1.165, 1.54) is 11.1 Å². The first-order valence-electron chi connectivity index (χ1n) is 5.95. The molecule has 0 unspecified atom stereocenters. The highest BCUT2D eigenvalue weighted by Crippen LogP contribution is 2.21. The third-order valence-electron chi connectivity index (χ3n) is 2.99. The molecule has 0 saturated heterocycles. The lowest BCUT2D eigenvalue weighted by atomic mass is 10.1. The highest BCUT2D eigenvalue weighted by atomic mass is 15.0.